The number of hydrogen-bond acceptors (Lipinski definition) is 7. The average Bonchev–Trinajstić information content (AvgIpc) is 3.34. The van der Waals surface area contributed by atoms with Crippen molar-refractivity contribution in [3.05, 3.63) is 69.8 Å². The second kappa shape index (κ2) is 13.1. The summed E-state index contributed by atoms with van der Waals surface area (Å²) >= 11 is 1.13. The number of carboxylic acid groups (broad SMARTS) is 1. The molecule has 3 rings (SSSR count). The summed E-state index contributed by atoms with van der Waals surface area (Å²) in [5.41, 5.74) is 1.16. The predicted octanol–water partition coefficient (Wildman–Crippen LogP) is 6.13. The SMILES string of the molecule is CCCC(C)OCc1cccc(-c2csc(NC(=O)c3cc(F)c(/C=C(\OC)C(=O)O)c(F)c3)n2)c1OC. The number of carbonyl (C=O) groups is 2. The number of para-hydroxylation sites is 1. The van der Waals surface area contributed by atoms with Crippen LogP contribution in [0.25, 0.3) is 17.3 Å². The van der Waals surface area contributed by atoms with Crippen LogP contribution in [0.2, 0.25) is 0 Å². The molecule has 1 atom stereocenters. The van der Waals surface area contributed by atoms with Gasteiger partial charge in [-0.1, -0.05) is 25.5 Å². The van der Waals surface area contributed by atoms with E-state index >= 15 is 0 Å². The molecule has 1 amide bonds. The summed E-state index contributed by atoms with van der Waals surface area (Å²) in [6.07, 6.45) is 2.78. The molecule has 0 fully saturated rings. The topological polar surface area (TPSA) is 107 Å². The van der Waals surface area contributed by atoms with Crippen LogP contribution in [0.3, 0.4) is 0 Å². The first kappa shape index (κ1) is 28.7. The molecule has 2 N–H and O–H groups in total. The van der Waals surface area contributed by atoms with Crippen LogP contribution in [0.15, 0.2) is 41.5 Å². The number of carboxylic acids is 1. The molecule has 1 unspecified atom stereocenters. The second-order valence-electron chi connectivity index (χ2n) is 8.27. The van der Waals surface area contributed by atoms with E-state index in [1.807, 2.05) is 25.1 Å². The van der Waals surface area contributed by atoms with Crippen molar-refractivity contribution in [2.75, 3.05) is 19.5 Å². The molecule has 38 heavy (non-hydrogen) atoms. The van der Waals surface area contributed by atoms with Gasteiger partial charge in [-0.15, -0.1) is 11.3 Å². The minimum Gasteiger partial charge on any atom is -0.496 e. The second-order valence-corrected chi connectivity index (χ2v) is 9.13. The van der Waals surface area contributed by atoms with E-state index in [1.54, 1.807) is 12.5 Å². The highest BCUT2D eigenvalue weighted by atomic mass is 32.1. The van der Waals surface area contributed by atoms with Crippen molar-refractivity contribution in [2.45, 2.75) is 39.4 Å². The molecule has 0 radical (unpaired) electrons. The molecule has 0 bridgehead atoms. The van der Waals surface area contributed by atoms with Gasteiger partial charge in [0.1, 0.15) is 17.4 Å². The molecule has 0 saturated carbocycles. The molecule has 1 heterocycles. The Bertz CT molecular complexity index is 1320. The van der Waals surface area contributed by atoms with Crippen LogP contribution >= 0.6 is 11.3 Å². The van der Waals surface area contributed by atoms with E-state index in [0.717, 1.165) is 49.0 Å². The third kappa shape index (κ3) is 6.93. The number of rotatable bonds is 12. The number of thiazole rings is 1. The minimum absolute atomic E-state index is 0.105. The quantitative estimate of drug-likeness (QED) is 0.208. The normalized spacial score (nSPS) is 12.2. The van der Waals surface area contributed by atoms with Gasteiger partial charge in [0, 0.05) is 33.7 Å². The number of methoxy groups -OCH3 is 2. The van der Waals surface area contributed by atoms with Gasteiger partial charge in [-0.25, -0.2) is 18.6 Å². The number of aliphatic carboxylic acids is 1. The van der Waals surface area contributed by atoms with Gasteiger partial charge in [0.05, 0.1) is 32.6 Å². The summed E-state index contributed by atoms with van der Waals surface area (Å²) in [5.74, 6) is -4.58. The number of nitrogens with one attached hydrogen (secondary N) is 1. The number of carbonyl (C=O) groups excluding carboxylic acids is 1. The summed E-state index contributed by atoms with van der Waals surface area (Å²) in [4.78, 5) is 28.2. The van der Waals surface area contributed by atoms with Crippen LogP contribution in [0.4, 0.5) is 13.9 Å². The van der Waals surface area contributed by atoms with E-state index in [1.165, 1.54) is 0 Å². The molecule has 3 aromatic rings. The van der Waals surface area contributed by atoms with Gasteiger partial charge in [0.2, 0.25) is 5.76 Å². The van der Waals surface area contributed by atoms with Crippen molar-refractivity contribution in [1.82, 2.24) is 4.98 Å². The molecule has 0 aliphatic rings. The summed E-state index contributed by atoms with van der Waals surface area (Å²) in [5, 5.41) is 13.5. The molecule has 0 aliphatic carbocycles. The molecule has 0 saturated heterocycles. The summed E-state index contributed by atoms with van der Waals surface area (Å²) in [7, 11) is 2.62. The maximum absolute atomic E-state index is 14.5. The van der Waals surface area contributed by atoms with Crippen LogP contribution < -0.4 is 10.1 Å². The van der Waals surface area contributed by atoms with Crippen LogP contribution in [0.1, 0.15) is 48.2 Å². The zero-order valence-electron chi connectivity index (χ0n) is 21.3. The predicted molar refractivity (Wildman–Crippen MR) is 140 cm³/mol. The van der Waals surface area contributed by atoms with Crippen molar-refractivity contribution in [2.24, 2.45) is 0 Å². The Balaban J connectivity index is 1.80. The first-order valence-corrected chi connectivity index (χ1v) is 12.6. The third-order valence-electron chi connectivity index (χ3n) is 5.57. The summed E-state index contributed by atoms with van der Waals surface area (Å²) < 4.78 is 45.2. The Morgan fingerprint density at radius 3 is 2.53 bits per heavy atom. The maximum Gasteiger partial charge on any atom is 0.371 e. The molecule has 8 nitrogen and oxygen atoms in total. The highest BCUT2D eigenvalue weighted by Gasteiger charge is 2.19. The van der Waals surface area contributed by atoms with E-state index in [9.17, 15) is 18.4 Å². The number of hydrogen-bond donors (Lipinski definition) is 2. The van der Waals surface area contributed by atoms with Crippen LogP contribution in [-0.4, -0.2) is 42.3 Å². The number of nitrogens with zero attached hydrogens (tertiary/aromatic N) is 1. The largest absolute Gasteiger partial charge is 0.496 e. The number of ether oxygens (including phenoxy) is 3. The van der Waals surface area contributed by atoms with E-state index in [0.29, 0.717) is 29.7 Å². The third-order valence-corrected chi connectivity index (χ3v) is 6.32. The highest BCUT2D eigenvalue weighted by Crippen LogP contribution is 2.35. The van der Waals surface area contributed by atoms with E-state index < -0.39 is 34.8 Å². The van der Waals surface area contributed by atoms with Crippen LogP contribution in [-0.2, 0) is 20.9 Å². The fraction of sp³-hybridized carbons (Fsp3) is 0.296. The van der Waals surface area contributed by atoms with Gasteiger partial charge < -0.3 is 19.3 Å². The number of aromatic nitrogens is 1. The van der Waals surface area contributed by atoms with Crippen molar-refractivity contribution in [1.29, 1.82) is 0 Å². The summed E-state index contributed by atoms with van der Waals surface area (Å²) in [6.45, 7) is 4.48. The molecule has 11 heteroatoms. The zero-order valence-corrected chi connectivity index (χ0v) is 22.2. The van der Waals surface area contributed by atoms with Gasteiger partial charge in [-0.2, -0.15) is 0 Å². The Morgan fingerprint density at radius 1 is 1.21 bits per heavy atom. The summed E-state index contributed by atoms with van der Waals surface area (Å²) in [6, 6.07) is 7.21. The van der Waals surface area contributed by atoms with E-state index in [-0.39, 0.29) is 16.8 Å². The number of amides is 1. The molecule has 202 valence electrons. The number of benzene rings is 2. The lowest BCUT2D eigenvalue weighted by atomic mass is 10.1. The lowest BCUT2D eigenvalue weighted by molar-refractivity contribution is -0.135. The Morgan fingerprint density at radius 2 is 1.92 bits per heavy atom. The fourth-order valence-corrected chi connectivity index (χ4v) is 4.39. The zero-order chi connectivity index (χ0) is 27.8. The fourth-order valence-electron chi connectivity index (χ4n) is 3.68. The minimum atomic E-state index is -1.49. The van der Waals surface area contributed by atoms with Crippen molar-refractivity contribution >= 4 is 34.4 Å². The molecule has 0 spiro atoms. The first-order chi connectivity index (χ1) is 18.2. The van der Waals surface area contributed by atoms with Gasteiger partial charge in [-0.05, 0) is 31.5 Å². The monoisotopic (exact) mass is 546 g/mol. The number of halogens is 2. The van der Waals surface area contributed by atoms with Crippen molar-refractivity contribution in [3.63, 3.8) is 0 Å². The first-order valence-electron chi connectivity index (χ1n) is 11.7. The van der Waals surface area contributed by atoms with Gasteiger partial charge >= 0.3 is 5.97 Å². The Labute approximate surface area is 222 Å². The number of anilines is 1. The Hall–Kier alpha value is -3.83. The van der Waals surface area contributed by atoms with Crippen molar-refractivity contribution in [3.8, 4) is 17.0 Å². The Kier molecular flexibility index (Phi) is 9.91. The van der Waals surface area contributed by atoms with E-state index in [2.05, 4.69) is 22.0 Å². The average molecular weight is 547 g/mol. The van der Waals surface area contributed by atoms with Gasteiger partial charge in [0.25, 0.3) is 5.91 Å². The molecular formula is C27H28F2N2O6S. The van der Waals surface area contributed by atoms with Crippen molar-refractivity contribution < 1.29 is 37.7 Å². The molecule has 1 aromatic heterocycles. The lowest BCUT2D eigenvalue weighted by Crippen LogP contribution is -2.13. The van der Waals surface area contributed by atoms with Gasteiger partial charge in [-0.3, -0.25) is 10.1 Å². The molecule has 0 aliphatic heterocycles. The maximum atomic E-state index is 14.5. The van der Waals surface area contributed by atoms with Gasteiger partial charge in [0.15, 0.2) is 5.13 Å². The van der Waals surface area contributed by atoms with E-state index in [4.69, 9.17) is 14.6 Å². The molecule has 2 aromatic carbocycles. The molecular weight excluding hydrogens is 518 g/mol. The van der Waals surface area contributed by atoms with Crippen LogP contribution in [0, 0.1) is 11.6 Å². The lowest BCUT2D eigenvalue weighted by Gasteiger charge is -2.16. The standard InChI is InChI=1S/C27H28F2N2O6S/c1-5-7-15(2)37-13-16-8-6-9-18(24(16)36-4)22-14-38-27(30-22)31-25(32)17-10-20(28)19(21(29)11-17)12-23(35-3)26(33)34/h6,8-12,14-15H,5,7,13H2,1-4H3,(H,33,34)(H,30,31,32)/b23-12-. The highest BCUT2D eigenvalue weighted by molar-refractivity contribution is 7.14. The van der Waals surface area contributed by atoms with Crippen LogP contribution in [0.5, 0.6) is 5.75 Å². The smallest absolute Gasteiger partial charge is 0.371 e.